The zero-order chi connectivity index (χ0) is 31.3. The fraction of sp³-hybridized carbons (Fsp3) is 0.562. The molecule has 3 heterocycles. The van der Waals surface area contributed by atoms with E-state index in [0.29, 0.717) is 30.4 Å². The summed E-state index contributed by atoms with van der Waals surface area (Å²) in [6.45, 7) is 2.39. The highest BCUT2D eigenvalue weighted by atomic mass is 19.4. The van der Waals surface area contributed by atoms with Crippen LogP contribution in [0.4, 0.5) is 13.2 Å². The van der Waals surface area contributed by atoms with Crippen LogP contribution in [0.1, 0.15) is 66.8 Å². The van der Waals surface area contributed by atoms with Crippen molar-refractivity contribution in [2.45, 2.75) is 82.0 Å². The monoisotopic (exact) mass is 619 g/mol. The number of nitrogens with one attached hydrogen (secondary N) is 1. The highest BCUT2D eigenvalue weighted by molar-refractivity contribution is 5.90. The second-order valence-corrected chi connectivity index (χ2v) is 11.7. The van der Waals surface area contributed by atoms with E-state index in [2.05, 4.69) is 10.2 Å². The highest BCUT2D eigenvalue weighted by Gasteiger charge is 2.47. The van der Waals surface area contributed by atoms with Crippen molar-refractivity contribution in [3.63, 3.8) is 0 Å². The van der Waals surface area contributed by atoms with E-state index in [1.165, 1.54) is 0 Å². The summed E-state index contributed by atoms with van der Waals surface area (Å²) >= 11 is 0. The minimum atomic E-state index is -5.01. The average molecular weight is 620 g/mol. The first-order valence-corrected chi connectivity index (χ1v) is 15.1. The summed E-state index contributed by atoms with van der Waals surface area (Å²) in [5.41, 5.74) is 3.37. The highest BCUT2D eigenvalue weighted by Crippen LogP contribution is 2.39. The maximum absolute atomic E-state index is 12.9. The van der Waals surface area contributed by atoms with Gasteiger partial charge in [0.2, 0.25) is 5.91 Å². The number of ether oxygens (including phenoxy) is 3. The van der Waals surface area contributed by atoms with Gasteiger partial charge in [0.15, 0.2) is 6.29 Å². The summed E-state index contributed by atoms with van der Waals surface area (Å²) in [4.78, 5) is 27.4. The third-order valence-corrected chi connectivity index (χ3v) is 8.69. The van der Waals surface area contributed by atoms with Gasteiger partial charge < -0.3 is 29.5 Å². The number of aliphatic hydroxyl groups excluding tert-OH is 1. The molecule has 2 aromatic carbocycles. The molecule has 3 aliphatic heterocycles. The number of carbonyl (C=O) groups excluding carboxylic acids is 2. The number of hydrogen-bond donors (Lipinski definition) is 2. The molecule has 2 N–H and O–H groups in total. The molecule has 5 atom stereocenters. The number of carbonyl (C=O) groups is 2. The number of methoxy groups -OCH3 is 1. The van der Waals surface area contributed by atoms with Crippen LogP contribution in [-0.2, 0) is 37.0 Å². The van der Waals surface area contributed by atoms with Crippen molar-refractivity contribution in [2.75, 3.05) is 33.4 Å². The maximum atomic E-state index is 12.9. The van der Waals surface area contributed by atoms with Crippen molar-refractivity contribution in [1.82, 2.24) is 15.1 Å². The van der Waals surface area contributed by atoms with Crippen molar-refractivity contribution in [3.8, 4) is 0 Å². The van der Waals surface area contributed by atoms with Gasteiger partial charge >= 0.3 is 12.1 Å². The first-order valence-electron chi connectivity index (χ1n) is 15.1. The lowest BCUT2D eigenvalue weighted by Crippen LogP contribution is -2.50. The van der Waals surface area contributed by atoms with E-state index in [1.807, 2.05) is 48.5 Å². The third kappa shape index (κ3) is 7.78. The Morgan fingerprint density at radius 1 is 0.977 bits per heavy atom. The van der Waals surface area contributed by atoms with Crippen molar-refractivity contribution in [3.05, 3.63) is 70.8 Å². The number of hydrogen-bond acceptors (Lipinski definition) is 7. The molecule has 3 aliphatic rings. The van der Waals surface area contributed by atoms with Crippen LogP contribution >= 0.6 is 0 Å². The molecule has 9 nitrogen and oxygen atoms in total. The summed E-state index contributed by atoms with van der Waals surface area (Å²) in [5, 5.41) is 12.1. The normalized spacial score (nSPS) is 26.2. The van der Waals surface area contributed by atoms with Crippen molar-refractivity contribution >= 4 is 11.8 Å². The van der Waals surface area contributed by atoms with Crippen LogP contribution < -0.4 is 5.32 Å². The zero-order valence-electron chi connectivity index (χ0n) is 24.8. The van der Waals surface area contributed by atoms with E-state index < -0.39 is 30.3 Å². The first kappa shape index (κ1) is 32.4. The van der Waals surface area contributed by atoms with Gasteiger partial charge in [-0.2, -0.15) is 13.2 Å². The van der Waals surface area contributed by atoms with E-state index in [1.54, 1.807) is 7.11 Å². The van der Waals surface area contributed by atoms with Crippen LogP contribution in [-0.4, -0.2) is 84.4 Å². The van der Waals surface area contributed by atoms with E-state index >= 15 is 0 Å². The molecule has 0 aromatic heterocycles. The predicted octanol–water partition coefficient (Wildman–Crippen LogP) is 4.00. The Hall–Kier alpha value is -3.03. The molecule has 2 aromatic rings. The summed E-state index contributed by atoms with van der Waals surface area (Å²) in [5.74, 6) is -2.58. The molecule has 12 heteroatoms. The topological polar surface area (TPSA) is 101 Å². The van der Waals surface area contributed by atoms with E-state index in [-0.39, 0.29) is 38.3 Å². The van der Waals surface area contributed by atoms with Crippen LogP contribution in [0.2, 0.25) is 0 Å². The van der Waals surface area contributed by atoms with Gasteiger partial charge in [0.25, 0.3) is 0 Å². The average Bonchev–Trinajstić information content (AvgIpc) is 3.69. The van der Waals surface area contributed by atoms with E-state index in [9.17, 15) is 27.9 Å². The van der Waals surface area contributed by atoms with E-state index in [0.717, 1.165) is 48.2 Å². The quantitative estimate of drug-likeness (QED) is 0.415. The second kappa shape index (κ2) is 14.4. The van der Waals surface area contributed by atoms with Gasteiger partial charge in [-0.3, -0.25) is 14.5 Å². The summed E-state index contributed by atoms with van der Waals surface area (Å²) in [6, 6.07) is 14.3. The lowest BCUT2D eigenvalue weighted by molar-refractivity contribution is -0.253. The molecule has 3 fully saturated rings. The van der Waals surface area contributed by atoms with Crippen LogP contribution in [0.15, 0.2) is 48.5 Å². The number of halogens is 3. The molecule has 240 valence electrons. The summed E-state index contributed by atoms with van der Waals surface area (Å²) in [6.07, 6.45) is -2.56. The van der Waals surface area contributed by atoms with Crippen molar-refractivity contribution < 1.29 is 42.1 Å². The Balaban J connectivity index is 1.24. The van der Waals surface area contributed by atoms with E-state index in [4.69, 9.17) is 14.2 Å². The van der Waals surface area contributed by atoms with Gasteiger partial charge in [-0.15, -0.1) is 0 Å². The lowest BCUT2D eigenvalue weighted by atomic mass is 9.99. The van der Waals surface area contributed by atoms with Gasteiger partial charge in [0, 0.05) is 44.8 Å². The Kier molecular flexibility index (Phi) is 10.6. The number of amides is 2. The summed E-state index contributed by atoms with van der Waals surface area (Å²) < 4.78 is 57.2. The molecule has 0 unspecified atom stereocenters. The van der Waals surface area contributed by atoms with Gasteiger partial charge in [-0.25, -0.2) is 0 Å². The van der Waals surface area contributed by atoms with Crippen LogP contribution in [0.3, 0.4) is 0 Å². The molecular formula is C32H40F3N3O6. The third-order valence-electron chi connectivity index (χ3n) is 8.69. The molecule has 2 amide bonds. The molecular weight excluding hydrogens is 579 g/mol. The predicted molar refractivity (Wildman–Crippen MR) is 154 cm³/mol. The smallest absolute Gasteiger partial charge is 0.392 e. The van der Waals surface area contributed by atoms with Crippen molar-refractivity contribution in [2.24, 2.45) is 0 Å². The molecule has 0 saturated carbocycles. The maximum Gasteiger partial charge on any atom is 0.471 e. The zero-order valence-corrected chi connectivity index (χ0v) is 24.8. The Morgan fingerprint density at radius 3 is 2.34 bits per heavy atom. The number of alkyl halides is 3. The number of aliphatic hydroxyl groups is 1. The summed E-state index contributed by atoms with van der Waals surface area (Å²) in [7, 11) is 1.72. The molecule has 0 radical (unpaired) electrons. The number of rotatable bonds is 10. The Labute approximate surface area is 255 Å². The minimum absolute atomic E-state index is 0.0343. The van der Waals surface area contributed by atoms with Gasteiger partial charge in [-0.05, 0) is 48.9 Å². The van der Waals surface area contributed by atoms with Gasteiger partial charge in [0.05, 0.1) is 25.4 Å². The van der Waals surface area contributed by atoms with Gasteiger partial charge in [-0.1, -0.05) is 48.5 Å². The fourth-order valence-corrected chi connectivity index (χ4v) is 6.36. The van der Waals surface area contributed by atoms with Crippen LogP contribution in [0.5, 0.6) is 0 Å². The number of benzene rings is 2. The molecule has 0 bridgehead atoms. The Morgan fingerprint density at radius 2 is 1.66 bits per heavy atom. The van der Waals surface area contributed by atoms with Crippen LogP contribution in [0.25, 0.3) is 0 Å². The standard InChI is InChI=1S/C32H40F3N3O6/c1-42-20-25-4-2-14-37(25)18-26-16-28(23-10-8-22(19-39)9-11-23)44-30(43-26)24-12-6-21(7-13-24)17-36-29(40)27-5-3-15-38(27)31(41)32(33,34)35/h6-13,25-28,30,39H,2-5,14-20H2,1H3,(H,36,40)/t25-,26+,27-,28-,30-/m0/s1. The van der Waals surface area contributed by atoms with Crippen molar-refractivity contribution in [1.29, 1.82) is 0 Å². The fourth-order valence-electron chi connectivity index (χ4n) is 6.36. The molecule has 3 saturated heterocycles. The molecule has 0 spiro atoms. The molecule has 0 aliphatic carbocycles. The SMILES string of the molecule is COC[C@@H]1CCCN1C[C@H]1C[C@@H](c2ccc(CO)cc2)O[C@@H](c2ccc(CNC(=O)[C@@H]3CCCN3C(=O)C(F)(F)F)cc2)O1. The molecule has 5 rings (SSSR count). The Bertz CT molecular complexity index is 1260. The lowest BCUT2D eigenvalue weighted by Gasteiger charge is -2.38. The van der Waals surface area contributed by atoms with Gasteiger partial charge in [0.1, 0.15) is 6.04 Å². The molecule has 44 heavy (non-hydrogen) atoms. The largest absolute Gasteiger partial charge is 0.471 e. The van der Waals surface area contributed by atoms with Crippen LogP contribution in [0, 0.1) is 0 Å². The number of likely N-dealkylation sites (tertiary alicyclic amines) is 2. The second-order valence-electron chi connectivity index (χ2n) is 11.7. The minimum Gasteiger partial charge on any atom is -0.392 e. The number of nitrogens with zero attached hydrogens (tertiary/aromatic N) is 2. The first-order chi connectivity index (χ1) is 21.2.